The lowest BCUT2D eigenvalue weighted by atomic mass is 9.90. The summed E-state index contributed by atoms with van der Waals surface area (Å²) < 4.78 is 9.82. The molecule has 1 aliphatic heterocycles. The van der Waals surface area contributed by atoms with Crippen molar-refractivity contribution < 1.29 is 19.1 Å². The minimum absolute atomic E-state index is 0.249. The van der Waals surface area contributed by atoms with E-state index in [1.165, 1.54) is 7.11 Å². The molecule has 0 aromatic rings. The summed E-state index contributed by atoms with van der Waals surface area (Å²) in [5.41, 5.74) is -1.28. The van der Waals surface area contributed by atoms with Gasteiger partial charge >= 0.3 is 11.9 Å². The van der Waals surface area contributed by atoms with Gasteiger partial charge in [-0.2, -0.15) is 0 Å². The minimum Gasteiger partial charge on any atom is -0.466 e. The number of esters is 2. The molecule has 1 saturated heterocycles. The number of carbonyl (C=O) groups is 2. The molecule has 0 saturated carbocycles. The van der Waals surface area contributed by atoms with E-state index in [-0.39, 0.29) is 11.5 Å². The molecule has 0 aliphatic carbocycles. The fraction of sp³-hybridized carbons (Fsp3) is 0.800. The topological polar surface area (TPSA) is 52.6 Å². The van der Waals surface area contributed by atoms with Crippen molar-refractivity contribution in [2.45, 2.75) is 44.1 Å². The van der Waals surface area contributed by atoms with Gasteiger partial charge in [-0.1, -0.05) is 26.6 Å². The Balaban J connectivity index is 3.03. The number of ether oxygens (including phenoxy) is 2. The summed E-state index contributed by atoms with van der Waals surface area (Å²) in [6.45, 7) is 8.03. The van der Waals surface area contributed by atoms with Gasteiger partial charge in [0.1, 0.15) is 0 Å². The lowest BCUT2D eigenvalue weighted by Crippen LogP contribution is -2.65. The molecule has 0 N–H and O–H groups in total. The fourth-order valence-corrected chi connectivity index (χ4v) is 4.78. The highest BCUT2D eigenvalue weighted by molar-refractivity contribution is 6.81. The molecule has 2 atom stereocenters. The van der Waals surface area contributed by atoms with Crippen LogP contribution in [0.25, 0.3) is 0 Å². The largest absolute Gasteiger partial charge is 0.466 e. The maximum absolute atomic E-state index is 11.7. The zero-order valence-electron chi connectivity index (χ0n) is 9.92. The number of carbonyl (C=O) groups excluding carboxylic acids is 2. The first-order chi connectivity index (χ1) is 6.79. The predicted octanol–water partition coefficient (Wildman–Crippen LogP) is 1.57. The van der Waals surface area contributed by atoms with Gasteiger partial charge in [0.25, 0.3) is 0 Å². The second-order valence-corrected chi connectivity index (χ2v) is 10.3. The van der Waals surface area contributed by atoms with Crippen LogP contribution in [-0.4, -0.2) is 32.7 Å². The molecule has 1 unspecified atom stereocenters. The molecular weight excluding hydrogens is 212 g/mol. The van der Waals surface area contributed by atoms with Crippen LogP contribution in [0.2, 0.25) is 25.2 Å². The van der Waals surface area contributed by atoms with Crippen molar-refractivity contribution in [3.63, 3.8) is 0 Å². The summed E-state index contributed by atoms with van der Waals surface area (Å²) in [4.78, 5) is 23.1. The van der Waals surface area contributed by atoms with E-state index in [1.807, 2.05) is 6.92 Å². The molecule has 0 aromatic heterocycles. The lowest BCUT2D eigenvalue weighted by Gasteiger charge is -2.49. The third-order valence-corrected chi connectivity index (χ3v) is 5.34. The SMILES string of the molecule is CC[C@]1(C(=O)OC)OC(=O)C1[Si](C)(C)C. The van der Waals surface area contributed by atoms with Gasteiger partial charge in [0, 0.05) is 0 Å². The summed E-state index contributed by atoms with van der Waals surface area (Å²) >= 11 is 0. The van der Waals surface area contributed by atoms with Crippen molar-refractivity contribution >= 4 is 20.0 Å². The Bertz CT molecular complexity index is 294. The fourth-order valence-electron chi connectivity index (χ4n) is 2.24. The van der Waals surface area contributed by atoms with Gasteiger partial charge in [-0.05, 0) is 6.42 Å². The zero-order chi connectivity index (χ0) is 11.9. The smallest absolute Gasteiger partial charge is 0.350 e. The van der Waals surface area contributed by atoms with E-state index in [4.69, 9.17) is 9.47 Å². The van der Waals surface area contributed by atoms with E-state index in [2.05, 4.69) is 19.6 Å². The van der Waals surface area contributed by atoms with E-state index in [1.54, 1.807) is 0 Å². The summed E-state index contributed by atoms with van der Waals surface area (Å²) in [6.07, 6.45) is 0.486. The molecule has 0 amide bonds. The van der Waals surface area contributed by atoms with E-state index < -0.39 is 19.6 Å². The number of rotatable bonds is 3. The van der Waals surface area contributed by atoms with Crippen LogP contribution in [0.15, 0.2) is 0 Å². The van der Waals surface area contributed by atoms with Crippen molar-refractivity contribution in [2.75, 3.05) is 7.11 Å². The molecule has 0 radical (unpaired) electrons. The highest BCUT2D eigenvalue weighted by Crippen LogP contribution is 2.48. The third kappa shape index (κ3) is 1.69. The average Bonchev–Trinajstić information content (AvgIpc) is 2.09. The number of cyclic esters (lactones) is 1. The van der Waals surface area contributed by atoms with Crippen LogP contribution in [0.4, 0.5) is 0 Å². The van der Waals surface area contributed by atoms with Gasteiger partial charge < -0.3 is 9.47 Å². The first-order valence-corrected chi connectivity index (χ1v) is 8.68. The summed E-state index contributed by atoms with van der Waals surface area (Å²) in [7, 11) is -0.421. The lowest BCUT2D eigenvalue weighted by molar-refractivity contribution is -0.207. The van der Waals surface area contributed by atoms with Gasteiger partial charge in [-0.25, -0.2) is 4.79 Å². The number of hydrogen-bond acceptors (Lipinski definition) is 4. The molecule has 15 heavy (non-hydrogen) atoms. The van der Waals surface area contributed by atoms with Crippen molar-refractivity contribution in [1.29, 1.82) is 0 Å². The molecule has 1 fully saturated rings. The average molecular weight is 230 g/mol. The molecule has 0 aromatic carbocycles. The van der Waals surface area contributed by atoms with Crippen LogP contribution in [0.3, 0.4) is 0 Å². The summed E-state index contributed by atoms with van der Waals surface area (Å²) in [5, 5.41) is 0. The van der Waals surface area contributed by atoms with Gasteiger partial charge in [-0.15, -0.1) is 0 Å². The summed E-state index contributed by atoms with van der Waals surface area (Å²) in [5.74, 6) is -0.668. The van der Waals surface area contributed by atoms with Crippen LogP contribution in [0, 0.1) is 0 Å². The van der Waals surface area contributed by atoms with Crippen molar-refractivity contribution in [2.24, 2.45) is 0 Å². The Labute approximate surface area is 90.9 Å². The van der Waals surface area contributed by atoms with Crippen LogP contribution < -0.4 is 0 Å². The summed E-state index contributed by atoms with van der Waals surface area (Å²) in [6, 6.07) is 0. The second kappa shape index (κ2) is 3.63. The number of methoxy groups -OCH3 is 1. The Hall–Kier alpha value is -0.843. The molecular formula is C10H18O4Si. The maximum atomic E-state index is 11.7. The normalized spacial score (nSPS) is 30.5. The van der Waals surface area contributed by atoms with Crippen molar-refractivity contribution in [3.8, 4) is 0 Å². The van der Waals surface area contributed by atoms with Gasteiger partial charge in [0.2, 0.25) is 5.60 Å². The molecule has 0 spiro atoms. The highest BCUT2D eigenvalue weighted by atomic mass is 28.3. The second-order valence-electron chi connectivity index (χ2n) is 4.95. The molecule has 1 aliphatic rings. The van der Waals surface area contributed by atoms with Gasteiger partial charge in [0.15, 0.2) is 0 Å². The predicted molar refractivity (Wildman–Crippen MR) is 58.2 cm³/mol. The highest BCUT2D eigenvalue weighted by Gasteiger charge is 2.65. The van der Waals surface area contributed by atoms with E-state index in [0.29, 0.717) is 6.42 Å². The molecule has 1 heterocycles. The minimum atomic E-state index is -1.75. The Morgan fingerprint density at radius 3 is 2.33 bits per heavy atom. The van der Waals surface area contributed by atoms with Crippen LogP contribution in [0.1, 0.15) is 13.3 Å². The first-order valence-electron chi connectivity index (χ1n) is 5.11. The molecule has 1 rings (SSSR count). The zero-order valence-corrected chi connectivity index (χ0v) is 10.9. The van der Waals surface area contributed by atoms with Gasteiger partial charge in [0.05, 0.1) is 20.7 Å². The molecule has 4 nitrogen and oxygen atoms in total. The Morgan fingerprint density at radius 1 is 1.53 bits per heavy atom. The third-order valence-electron chi connectivity index (χ3n) is 2.91. The van der Waals surface area contributed by atoms with Crippen LogP contribution >= 0.6 is 0 Å². The molecule has 0 bridgehead atoms. The van der Waals surface area contributed by atoms with Crippen molar-refractivity contribution in [3.05, 3.63) is 0 Å². The van der Waals surface area contributed by atoms with Crippen LogP contribution in [0.5, 0.6) is 0 Å². The van der Waals surface area contributed by atoms with Gasteiger partial charge in [-0.3, -0.25) is 4.79 Å². The number of hydrogen-bond donors (Lipinski definition) is 0. The Morgan fingerprint density at radius 2 is 2.07 bits per heavy atom. The molecule has 5 heteroatoms. The standard InChI is InChI=1S/C10H18O4Si/c1-6-10(9(12)13-2)7(8(11)14-10)15(3,4)5/h7H,6H2,1-5H3/t7?,10-/m0/s1. The maximum Gasteiger partial charge on any atom is 0.350 e. The van der Waals surface area contributed by atoms with Crippen molar-refractivity contribution in [1.82, 2.24) is 0 Å². The Kier molecular flexibility index (Phi) is 2.96. The quantitative estimate of drug-likeness (QED) is 0.545. The van der Waals surface area contributed by atoms with Crippen LogP contribution in [-0.2, 0) is 19.1 Å². The van der Waals surface area contributed by atoms with E-state index >= 15 is 0 Å². The van der Waals surface area contributed by atoms with E-state index in [9.17, 15) is 9.59 Å². The molecule has 86 valence electrons. The monoisotopic (exact) mass is 230 g/mol. The first kappa shape index (κ1) is 12.2. The van der Waals surface area contributed by atoms with E-state index in [0.717, 1.165) is 0 Å².